The SMILES string of the molecule is CCCCN1CC(S(N)(=O)=O)CC1=O. The minimum absolute atomic E-state index is 0.0442. The number of sulfonamides is 1. The summed E-state index contributed by atoms with van der Waals surface area (Å²) in [6.07, 6.45) is 1.94. The molecule has 1 rings (SSSR count). The van der Waals surface area contributed by atoms with Gasteiger partial charge in [0.2, 0.25) is 15.9 Å². The molecule has 82 valence electrons. The van der Waals surface area contributed by atoms with Crippen LogP contribution in [0.3, 0.4) is 0 Å². The van der Waals surface area contributed by atoms with Crippen molar-refractivity contribution in [3.05, 3.63) is 0 Å². The van der Waals surface area contributed by atoms with E-state index >= 15 is 0 Å². The maximum absolute atomic E-state index is 11.3. The zero-order valence-electron chi connectivity index (χ0n) is 8.27. The average molecular weight is 220 g/mol. The minimum atomic E-state index is -3.56. The van der Waals surface area contributed by atoms with Gasteiger partial charge >= 0.3 is 0 Å². The fraction of sp³-hybridized carbons (Fsp3) is 0.875. The van der Waals surface area contributed by atoms with Crippen LogP contribution in [0.2, 0.25) is 0 Å². The molecule has 0 aromatic rings. The lowest BCUT2D eigenvalue weighted by Crippen LogP contribution is -2.32. The van der Waals surface area contributed by atoms with E-state index in [0.717, 1.165) is 12.8 Å². The smallest absolute Gasteiger partial charge is 0.224 e. The van der Waals surface area contributed by atoms with Gasteiger partial charge in [-0.05, 0) is 6.42 Å². The predicted octanol–water partition coefficient (Wildman–Crippen LogP) is -0.324. The van der Waals surface area contributed by atoms with Gasteiger partial charge in [0.25, 0.3) is 0 Å². The van der Waals surface area contributed by atoms with Crippen LogP contribution in [0, 0.1) is 0 Å². The molecule has 0 saturated carbocycles. The Kier molecular flexibility index (Phi) is 3.49. The molecule has 14 heavy (non-hydrogen) atoms. The van der Waals surface area contributed by atoms with E-state index in [2.05, 4.69) is 0 Å². The van der Waals surface area contributed by atoms with Gasteiger partial charge in [-0.1, -0.05) is 13.3 Å². The van der Waals surface area contributed by atoms with Crippen LogP contribution >= 0.6 is 0 Å². The first-order chi connectivity index (χ1) is 6.45. The van der Waals surface area contributed by atoms with Crippen molar-refractivity contribution in [2.45, 2.75) is 31.4 Å². The molecule has 1 unspecified atom stereocenters. The van der Waals surface area contributed by atoms with E-state index < -0.39 is 15.3 Å². The number of unbranched alkanes of at least 4 members (excludes halogenated alkanes) is 1. The van der Waals surface area contributed by atoms with Crippen molar-refractivity contribution in [2.24, 2.45) is 5.14 Å². The monoisotopic (exact) mass is 220 g/mol. The van der Waals surface area contributed by atoms with Crippen LogP contribution in [0.4, 0.5) is 0 Å². The number of rotatable bonds is 4. The molecule has 1 amide bonds. The molecule has 1 atom stereocenters. The van der Waals surface area contributed by atoms with Crippen LogP contribution in [-0.2, 0) is 14.8 Å². The van der Waals surface area contributed by atoms with Crippen molar-refractivity contribution in [3.63, 3.8) is 0 Å². The number of amides is 1. The molecule has 2 N–H and O–H groups in total. The van der Waals surface area contributed by atoms with Gasteiger partial charge in [0.15, 0.2) is 0 Å². The number of nitrogens with two attached hydrogens (primary N) is 1. The van der Waals surface area contributed by atoms with Crippen molar-refractivity contribution < 1.29 is 13.2 Å². The Bertz CT molecular complexity index is 313. The lowest BCUT2D eigenvalue weighted by atomic mass is 10.3. The molecule has 0 bridgehead atoms. The highest BCUT2D eigenvalue weighted by molar-refractivity contribution is 7.89. The first-order valence-corrected chi connectivity index (χ1v) is 6.35. The molecular weight excluding hydrogens is 204 g/mol. The molecule has 1 saturated heterocycles. The van der Waals surface area contributed by atoms with Gasteiger partial charge in [-0.25, -0.2) is 13.6 Å². The lowest BCUT2D eigenvalue weighted by molar-refractivity contribution is -0.127. The molecule has 0 radical (unpaired) electrons. The van der Waals surface area contributed by atoms with Crippen molar-refractivity contribution in [2.75, 3.05) is 13.1 Å². The molecular formula is C8H16N2O3S. The average Bonchev–Trinajstić information content (AvgIpc) is 2.43. The maximum atomic E-state index is 11.3. The Morgan fingerprint density at radius 1 is 1.57 bits per heavy atom. The number of likely N-dealkylation sites (tertiary alicyclic amines) is 1. The molecule has 1 aliphatic rings. The normalized spacial score (nSPS) is 23.1. The van der Waals surface area contributed by atoms with Gasteiger partial charge in [-0.15, -0.1) is 0 Å². The molecule has 1 aliphatic heterocycles. The van der Waals surface area contributed by atoms with Crippen LogP contribution in [-0.4, -0.2) is 37.6 Å². The summed E-state index contributed by atoms with van der Waals surface area (Å²) in [6, 6.07) is 0. The third kappa shape index (κ3) is 2.68. The Morgan fingerprint density at radius 3 is 2.64 bits per heavy atom. The third-order valence-corrected chi connectivity index (χ3v) is 3.67. The van der Waals surface area contributed by atoms with E-state index in [1.165, 1.54) is 0 Å². The van der Waals surface area contributed by atoms with Crippen LogP contribution in [0.5, 0.6) is 0 Å². The number of nitrogens with zero attached hydrogens (tertiary/aromatic N) is 1. The second-order valence-corrected chi connectivity index (χ2v) is 5.45. The summed E-state index contributed by atoms with van der Waals surface area (Å²) in [5.74, 6) is -0.0996. The first kappa shape index (κ1) is 11.5. The van der Waals surface area contributed by atoms with E-state index in [4.69, 9.17) is 5.14 Å². The van der Waals surface area contributed by atoms with Gasteiger partial charge in [-0.2, -0.15) is 0 Å². The Labute approximate surface area is 84.3 Å². The molecule has 1 fully saturated rings. The molecule has 1 heterocycles. The van der Waals surface area contributed by atoms with Crippen LogP contribution in [0.15, 0.2) is 0 Å². The van der Waals surface area contributed by atoms with Crippen molar-refractivity contribution >= 4 is 15.9 Å². The van der Waals surface area contributed by atoms with Crippen LogP contribution < -0.4 is 5.14 Å². The Balaban J connectivity index is 2.56. The molecule has 0 aromatic carbocycles. The predicted molar refractivity (Wildman–Crippen MR) is 53.0 cm³/mol. The van der Waals surface area contributed by atoms with Gasteiger partial charge in [0.05, 0.1) is 0 Å². The van der Waals surface area contributed by atoms with Crippen LogP contribution in [0.25, 0.3) is 0 Å². The van der Waals surface area contributed by atoms with Crippen LogP contribution in [0.1, 0.15) is 26.2 Å². The summed E-state index contributed by atoms with van der Waals surface area (Å²) < 4.78 is 22.0. The van der Waals surface area contributed by atoms with E-state index in [1.54, 1.807) is 4.90 Å². The summed E-state index contributed by atoms with van der Waals surface area (Å²) in [4.78, 5) is 12.9. The van der Waals surface area contributed by atoms with Gasteiger partial charge in [-0.3, -0.25) is 4.79 Å². The highest BCUT2D eigenvalue weighted by Crippen LogP contribution is 2.16. The van der Waals surface area contributed by atoms with Gasteiger partial charge < -0.3 is 4.90 Å². The lowest BCUT2D eigenvalue weighted by Gasteiger charge is -2.15. The Hall–Kier alpha value is -0.620. The standard InChI is InChI=1S/C8H16N2O3S/c1-2-3-4-10-6-7(5-8(10)11)14(9,12)13/h7H,2-6H2,1H3,(H2,9,12,13). The molecule has 0 aliphatic carbocycles. The van der Waals surface area contributed by atoms with Crippen molar-refractivity contribution in [3.8, 4) is 0 Å². The number of hydrogen-bond acceptors (Lipinski definition) is 3. The van der Waals surface area contributed by atoms with E-state index in [9.17, 15) is 13.2 Å². The second kappa shape index (κ2) is 4.27. The minimum Gasteiger partial charge on any atom is -0.341 e. The summed E-state index contributed by atoms with van der Waals surface area (Å²) in [7, 11) is -3.56. The summed E-state index contributed by atoms with van der Waals surface area (Å²) >= 11 is 0. The second-order valence-electron chi connectivity index (χ2n) is 3.61. The van der Waals surface area contributed by atoms with E-state index in [0.29, 0.717) is 6.54 Å². The van der Waals surface area contributed by atoms with E-state index in [-0.39, 0.29) is 18.9 Å². The number of carbonyl (C=O) groups excluding carboxylic acids is 1. The molecule has 0 spiro atoms. The quantitative estimate of drug-likeness (QED) is 0.704. The van der Waals surface area contributed by atoms with Crippen molar-refractivity contribution in [1.82, 2.24) is 4.90 Å². The fourth-order valence-corrected chi connectivity index (χ4v) is 2.28. The third-order valence-electron chi connectivity index (χ3n) is 2.43. The van der Waals surface area contributed by atoms with Crippen molar-refractivity contribution in [1.29, 1.82) is 0 Å². The fourth-order valence-electron chi connectivity index (χ4n) is 1.52. The molecule has 0 aromatic heterocycles. The maximum Gasteiger partial charge on any atom is 0.224 e. The first-order valence-electron chi connectivity index (χ1n) is 4.74. The number of carbonyl (C=O) groups is 1. The largest absolute Gasteiger partial charge is 0.341 e. The van der Waals surface area contributed by atoms with E-state index in [1.807, 2.05) is 6.92 Å². The number of primary sulfonamides is 1. The van der Waals surface area contributed by atoms with Gasteiger partial charge in [0, 0.05) is 19.5 Å². The molecule has 6 heteroatoms. The summed E-state index contributed by atoms with van der Waals surface area (Å²) in [5.41, 5.74) is 0. The highest BCUT2D eigenvalue weighted by atomic mass is 32.2. The topological polar surface area (TPSA) is 80.5 Å². The zero-order chi connectivity index (χ0) is 10.8. The summed E-state index contributed by atoms with van der Waals surface area (Å²) in [5, 5.41) is 4.29. The highest BCUT2D eigenvalue weighted by Gasteiger charge is 2.35. The summed E-state index contributed by atoms with van der Waals surface area (Å²) in [6.45, 7) is 2.93. The molecule has 5 nitrogen and oxygen atoms in total. The van der Waals surface area contributed by atoms with Gasteiger partial charge in [0.1, 0.15) is 5.25 Å². The Morgan fingerprint density at radius 2 is 2.21 bits per heavy atom. The number of hydrogen-bond donors (Lipinski definition) is 1. The zero-order valence-corrected chi connectivity index (χ0v) is 9.09.